The number of halogens is 2. The van der Waals surface area contributed by atoms with Crippen LogP contribution in [0.15, 0.2) is 69.6 Å². The zero-order valence-corrected chi connectivity index (χ0v) is 13.7. The molecule has 96 valence electrons. The van der Waals surface area contributed by atoms with Crippen molar-refractivity contribution in [3.05, 3.63) is 69.6 Å². The van der Waals surface area contributed by atoms with E-state index >= 15 is 0 Å². The Bertz CT molecular complexity index is 971. The second-order valence-electron chi connectivity index (χ2n) is 4.93. The van der Waals surface area contributed by atoms with Gasteiger partial charge in [0.05, 0.1) is 0 Å². The van der Waals surface area contributed by atoms with Crippen LogP contribution in [0.1, 0.15) is 0 Å². The molecule has 0 atom stereocenters. The van der Waals surface area contributed by atoms with Crippen molar-refractivity contribution in [3.8, 4) is 0 Å². The zero-order chi connectivity index (χ0) is 13.7. The minimum Gasteiger partial charge on any atom is -0.0616 e. The van der Waals surface area contributed by atoms with Crippen molar-refractivity contribution in [3.63, 3.8) is 0 Å². The molecule has 20 heavy (non-hydrogen) atoms. The molecule has 0 spiro atoms. The second-order valence-corrected chi connectivity index (χ2v) is 6.70. The Balaban J connectivity index is 2.31. The lowest BCUT2D eigenvalue weighted by atomic mass is 9.97. The van der Waals surface area contributed by atoms with E-state index in [9.17, 15) is 0 Å². The molecule has 0 aromatic heterocycles. The smallest absolute Gasteiger partial charge is 0.0260 e. The molecule has 2 heteroatoms. The van der Waals surface area contributed by atoms with E-state index in [1.165, 1.54) is 32.3 Å². The molecule has 0 nitrogen and oxygen atoms in total. The fourth-order valence-corrected chi connectivity index (χ4v) is 3.77. The summed E-state index contributed by atoms with van der Waals surface area (Å²) in [6, 6.07) is 21.6. The quantitative estimate of drug-likeness (QED) is 0.296. The van der Waals surface area contributed by atoms with Crippen LogP contribution in [0.4, 0.5) is 0 Å². The molecule has 0 N–H and O–H groups in total. The Morgan fingerprint density at radius 1 is 0.550 bits per heavy atom. The fourth-order valence-electron chi connectivity index (χ4n) is 2.84. The van der Waals surface area contributed by atoms with Crippen LogP contribution in [0.25, 0.3) is 32.3 Å². The van der Waals surface area contributed by atoms with Gasteiger partial charge >= 0.3 is 0 Å². The molecule has 4 aromatic carbocycles. The third-order valence-electron chi connectivity index (χ3n) is 3.77. The SMILES string of the molecule is Brc1ccc2ccc3c4ccccc4c(Br)cc3c2c1. The molecule has 0 saturated heterocycles. The van der Waals surface area contributed by atoms with Crippen molar-refractivity contribution in [1.82, 2.24) is 0 Å². The first-order chi connectivity index (χ1) is 9.74. The zero-order valence-electron chi connectivity index (χ0n) is 10.5. The van der Waals surface area contributed by atoms with Crippen LogP contribution in [0.2, 0.25) is 0 Å². The van der Waals surface area contributed by atoms with Crippen LogP contribution in [0, 0.1) is 0 Å². The third kappa shape index (κ3) is 1.79. The molecule has 0 aliphatic rings. The summed E-state index contributed by atoms with van der Waals surface area (Å²) in [5.41, 5.74) is 0. The fraction of sp³-hybridized carbons (Fsp3) is 0. The van der Waals surface area contributed by atoms with E-state index in [1.54, 1.807) is 0 Å². The highest BCUT2D eigenvalue weighted by molar-refractivity contribution is 9.11. The number of rotatable bonds is 0. The average molecular weight is 386 g/mol. The topological polar surface area (TPSA) is 0 Å². The summed E-state index contributed by atoms with van der Waals surface area (Å²) >= 11 is 7.29. The first-order valence-electron chi connectivity index (χ1n) is 6.43. The van der Waals surface area contributed by atoms with Crippen molar-refractivity contribution in [2.45, 2.75) is 0 Å². The second kappa shape index (κ2) is 4.57. The van der Waals surface area contributed by atoms with Crippen molar-refractivity contribution >= 4 is 64.2 Å². The first-order valence-corrected chi connectivity index (χ1v) is 8.02. The summed E-state index contributed by atoms with van der Waals surface area (Å²) in [6.45, 7) is 0. The first kappa shape index (κ1) is 12.4. The maximum atomic E-state index is 3.71. The molecule has 0 radical (unpaired) electrons. The van der Waals surface area contributed by atoms with Gasteiger partial charge in [-0.2, -0.15) is 0 Å². The Morgan fingerprint density at radius 3 is 2.10 bits per heavy atom. The minimum absolute atomic E-state index is 1.11. The highest BCUT2D eigenvalue weighted by Crippen LogP contribution is 2.36. The molecule has 0 saturated carbocycles. The van der Waals surface area contributed by atoms with Gasteiger partial charge in [0, 0.05) is 8.95 Å². The minimum atomic E-state index is 1.11. The lowest BCUT2D eigenvalue weighted by molar-refractivity contribution is 1.72. The van der Waals surface area contributed by atoms with Gasteiger partial charge in [-0.15, -0.1) is 0 Å². The Kier molecular flexibility index (Phi) is 2.83. The highest BCUT2D eigenvalue weighted by atomic mass is 79.9. The van der Waals surface area contributed by atoms with E-state index in [0.717, 1.165) is 8.95 Å². The van der Waals surface area contributed by atoms with Crippen LogP contribution in [0.5, 0.6) is 0 Å². The van der Waals surface area contributed by atoms with Gasteiger partial charge in [0.1, 0.15) is 0 Å². The van der Waals surface area contributed by atoms with Crippen LogP contribution in [-0.2, 0) is 0 Å². The summed E-state index contributed by atoms with van der Waals surface area (Å²) in [5, 5.41) is 7.68. The van der Waals surface area contributed by atoms with Gasteiger partial charge in [0.15, 0.2) is 0 Å². The predicted molar refractivity (Wildman–Crippen MR) is 94.4 cm³/mol. The monoisotopic (exact) mass is 384 g/mol. The lowest BCUT2D eigenvalue weighted by Gasteiger charge is -2.09. The summed E-state index contributed by atoms with van der Waals surface area (Å²) in [7, 11) is 0. The predicted octanol–water partition coefficient (Wildman–Crippen LogP) is 6.67. The van der Waals surface area contributed by atoms with E-state index in [-0.39, 0.29) is 0 Å². The number of hydrogen-bond acceptors (Lipinski definition) is 0. The maximum absolute atomic E-state index is 3.71. The van der Waals surface area contributed by atoms with Crippen LogP contribution < -0.4 is 0 Å². The van der Waals surface area contributed by atoms with E-state index in [4.69, 9.17) is 0 Å². The van der Waals surface area contributed by atoms with Crippen molar-refractivity contribution < 1.29 is 0 Å². The number of benzene rings is 4. The third-order valence-corrected chi connectivity index (χ3v) is 4.92. The summed E-state index contributed by atoms with van der Waals surface area (Å²) in [5.74, 6) is 0. The Morgan fingerprint density at radius 2 is 1.25 bits per heavy atom. The molecule has 0 aliphatic carbocycles. The van der Waals surface area contributed by atoms with E-state index in [1.807, 2.05) is 0 Å². The molecule has 0 bridgehead atoms. The molecule has 0 unspecified atom stereocenters. The molecule has 0 amide bonds. The van der Waals surface area contributed by atoms with Crippen LogP contribution >= 0.6 is 31.9 Å². The van der Waals surface area contributed by atoms with Crippen molar-refractivity contribution in [2.75, 3.05) is 0 Å². The summed E-state index contributed by atoms with van der Waals surface area (Å²) < 4.78 is 2.26. The molecule has 0 heterocycles. The molecule has 0 fully saturated rings. The van der Waals surface area contributed by atoms with E-state index < -0.39 is 0 Å². The van der Waals surface area contributed by atoms with Gasteiger partial charge in [-0.05, 0) is 50.5 Å². The largest absolute Gasteiger partial charge is 0.0616 e. The van der Waals surface area contributed by atoms with Crippen LogP contribution in [-0.4, -0.2) is 0 Å². The molecular weight excluding hydrogens is 376 g/mol. The molecule has 4 rings (SSSR count). The highest BCUT2D eigenvalue weighted by Gasteiger charge is 2.07. The Labute approximate surface area is 133 Å². The van der Waals surface area contributed by atoms with E-state index in [0.29, 0.717) is 0 Å². The maximum Gasteiger partial charge on any atom is 0.0260 e. The van der Waals surface area contributed by atoms with Gasteiger partial charge < -0.3 is 0 Å². The Hall–Kier alpha value is -1.38. The summed E-state index contributed by atoms with van der Waals surface area (Å²) in [6.07, 6.45) is 0. The standard InChI is InChI=1S/C18H10Br2/c19-12-7-5-11-6-8-14-13-3-1-2-4-15(13)18(20)10-17(14)16(11)9-12/h1-10H. The molecule has 0 aliphatic heterocycles. The van der Waals surface area contributed by atoms with Crippen molar-refractivity contribution in [1.29, 1.82) is 0 Å². The lowest BCUT2D eigenvalue weighted by Crippen LogP contribution is -1.82. The van der Waals surface area contributed by atoms with E-state index in [2.05, 4.69) is 92.5 Å². The normalized spacial score (nSPS) is 11.5. The van der Waals surface area contributed by atoms with Crippen molar-refractivity contribution in [2.24, 2.45) is 0 Å². The number of fused-ring (bicyclic) bond motifs is 5. The van der Waals surface area contributed by atoms with Crippen LogP contribution in [0.3, 0.4) is 0 Å². The van der Waals surface area contributed by atoms with Gasteiger partial charge in [-0.25, -0.2) is 0 Å². The number of hydrogen-bond donors (Lipinski definition) is 0. The van der Waals surface area contributed by atoms with Gasteiger partial charge in [0.25, 0.3) is 0 Å². The van der Waals surface area contributed by atoms with Gasteiger partial charge in [0.2, 0.25) is 0 Å². The average Bonchev–Trinajstić information content (AvgIpc) is 2.47. The van der Waals surface area contributed by atoms with Gasteiger partial charge in [-0.1, -0.05) is 74.3 Å². The molecule has 4 aromatic rings. The molecular formula is C18H10Br2. The van der Waals surface area contributed by atoms with Gasteiger partial charge in [-0.3, -0.25) is 0 Å². The summed E-state index contributed by atoms with van der Waals surface area (Å²) in [4.78, 5) is 0.